The van der Waals surface area contributed by atoms with Crippen LogP contribution in [0.3, 0.4) is 0 Å². The lowest BCUT2D eigenvalue weighted by atomic mass is 11.0. The van der Waals surface area contributed by atoms with Gasteiger partial charge >= 0.3 is 42.8 Å². The van der Waals surface area contributed by atoms with E-state index < -0.39 is 42.8 Å². The predicted octanol–water partition coefficient (Wildman–Crippen LogP) is 5.54. The Morgan fingerprint density at radius 2 is 0.480 bits per heavy atom. The molecule has 0 radical (unpaired) electrons. The van der Waals surface area contributed by atoms with Crippen molar-refractivity contribution >= 4 is 42.8 Å². The van der Waals surface area contributed by atoms with Gasteiger partial charge < -0.3 is 20.6 Å². The third kappa shape index (κ3) is 6.19. The summed E-state index contributed by atoms with van der Waals surface area (Å²) in [7, 11) is -11.7. The Balaban J connectivity index is 3.44. The molecule has 10 heteroatoms. The van der Waals surface area contributed by atoms with Crippen LogP contribution in [0.1, 0.15) is 34.6 Å². The minimum atomic E-state index is -2.35. The van der Waals surface area contributed by atoms with E-state index >= 15 is 0 Å². The van der Waals surface area contributed by atoms with Crippen LogP contribution in [0.25, 0.3) is 0 Å². The van der Waals surface area contributed by atoms with Crippen molar-refractivity contribution in [1.29, 1.82) is 0 Å². The van der Waals surface area contributed by atoms with Gasteiger partial charge in [0.15, 0.2) is 0 Å². The first-order valence-electron chi connectivity index (χ1n) is 9.84. The topological polar surface area (TPSA) is 46.2 Å². The van der Waals surface area contributed by atoms with Gasteiger partial charge in [-0.05, 0) is 63.0 Å². The second kappa shape index (κ2) is 8.49. The molecule has 1 saturated heterocycles. The van der Waals surface area contributed by atoms with E-state index in [0.717, 1.165) is 30.2 Å². The van der Waals surface area contributed by atoms with Crippen molar-refractivity contribution in [2.45, 2.75) is 97.6 Å². The van der Waals surface area contributed by atoms with Crippen LogP contribution < -0.4 is 0 Å². The molecule has 0 bridgehead atoms. The summed E-state index contributed by atoms with van der Waals surface area (Å²) in [6.45, 7) is 21.9. The summed E-state index contributed by atoms with van der Waals surface area (Å²) in [5, 5.41) is 0. The normalized spacial score (nSPS) is 46.8. The lowest BCUT2D eigenvalue weighted by Gasteiger charge is -2.49. The first-order valence-corrected chi connectivity index (χ1v) is 22.5. The smallest absolute Gasteiger partial charge is 0.317 e. The molecule has 0 unspecified atom stereocenters. The van der Waals surface area contributed by atoms with Crippen LogP contribution in [0.15, 0.2) is 0 Å². The Kier molecular flexibility index (Phi) is 8.13. The molecule has 1 fully saturated rings. The highest BCUT2D eigenvalue weighted by Gasteiger charge is 2.55. The predicted molar refractivity (Wildman–Crippen MR) is 116 cm³/mol. The molecule has 0 aromatic heterocycles. The van der Waals surface area contributed by atoms with Gasteiger partial charge in [0.2, 0.25) is 0 Å². The van der Waals surface area contributed by atoms with Gasteiger partial charge in [0.05, 0.1) is 0 Å². The van der Waals surface area contributed by atoms with Gasteiger partial charge in [-0.25, -0.2) is 0 Å². The average Bonchev–Trinajstić information content (AvgIpc) is 2.53. The van der Waals surface area contributed by atoms with Gasteiger partial charge in [-0.2, -0.15) is 0 Å². The zero-order chi connectivity index (χ0) is 19.6. The minimum absolute atomic E-state index is 0.917. The van der Waals surface area contributed by atoms with E-state index in [2.05, 4.69) is 67.4 Å². The number of hydrogen-bond acceptors (Lipinski definition) is 5. The van der Waals surface area contributed by atoms with E-state index in [1.807, 2.05) is 0 Å². The van der Waals surface area contributed by atoms with E-state index in [1.165, 1.54) is 0 Å². The summed E-state index contributed by atoms with van der Waals surface area (Å²) >= 11 is 0. The van der Waals surface area contributed by atoms with Gasteiger partial charge in [-0.3, -0.25) is 0 Å². The minimum Gasteiger partial charge on any atom is -0.416 e. The van der Waals surface area contributed by atoms with Gasteiger partial charge in [-0.1, -0.05) is 34.6 Å². The van der Waals surface area contributed by atoms with Gasteiger partial charge in [0, 0.05) is 0 Å². The molecular weight excluding hydrogens is 401 g/mol. The molecule has 0 atom stereocenters. The highest BCUT2D eigenvalue weighted by Crippen LogP contribution is 2.36. The molecule has 1 heterocycles. The average molecular weight is 441 g/mol. The maximum absolute atomic E-state index is 6.75. The molecule has 0 saturated carbocycles. The Morgan fingerprint density at radius 1 is 0.360 bits per heavy atom. The van der Waals surface area contributed by atoms with Crippen molar-refractivity contribution in [2.75, 3.05) is 0 Å². The third-order valence-corrected chi connectivity index (χ3v) is 29.1. The summed E-state index contributed by atoms with van der Waals surface area (Å²) in [6, 6.07) is 4.59. The lowest BCUT2D eigenvalue weighted by molar-refractivity contribution is 0.226. The van der Waals surface area contributed by atoms with E-state index in [4.69, 9.17) is 20.6 Å². The van der Waals surface area contributed by atoms with Gasteiger partial charge in [-0.15, -0.1) is 0 Å². The Morgan fingerprint density at radius 3 is 0.560 bits per heavy atom. The summed E-state index contributed by atoms with van der Waals surface area (Å²) in [5.41, 5.74) is 0. The molecule has 0 aromatic carbocycles. The molecule has 25 heavy (non-hydrogen) atoms. The first-order chi connectivity index (χ1) is 11.3. The van der Waals surface area contributed by atoms with Crippen molar-refractivity contribution in [3.63, 3.8) is 0 Å². The first kappa shape index (κ1) is 23.9. The van der Waals surface area contributed by atoms with Crippen LogP contribution in [0.5, 0.6) is 0 Å². The monoisotopic (exact) mass is 440 g/mol. The summed E-state index contributed by atoms with van der Waals surface area (Å²) < 4.78 is 33.8. The quantitative estimate of drug-likeness (QED) is 0.525. The van der Waals surface area contributed by atoms with Gasteiger partial charge in [0.1, 0.15) is 0 Å². The number of hydrogen-bond donors (Lipinski definition) is 0. The van der Waals surface area contributed by atoms with Crippen LogP contribution in [-0.4, -0.2) is 42.8 Å². The van der Waals surface area contributed by atoms with Crippen molar-refractivity contribution in [3.05, 3.63) is 0 Å². The van der Waals surface area contributed by atoms with E-state index in [1.54, 1.807) is 0 Å². The van der Waals surface area contributed by atoms with Crippen LogP contribution in [-0.2, 0) is 20.6 Å². The largest absolute Gasteiger partial charge is 0.416 e. The Bertz CT molecular complexity index is 347. The highest BCUT2D eigenvalue weighted by atomic mass is 28.5. The fourth-order valence-electron chi connectivity index (χ4n) is 3.11. The molecule has 0 aliphatic carbocycles. The third-order valence-electron chi connectivity index (χ3n) is 5.37. The molecule has 1 aliphatic heterocycles. The standard InChI is InChI=1S/C15H40O5Si5/c1-11-21(6)16-22(7,12-2)18-24(9,14-4)20-25(10,15-5)19-23(8,13-3)17-21/h11-15H2,1-10H3. The molecule has 0 aromatic rings. The molecule has 150 valence electrons. The van der Waals surface area contributed by atoms with E-state index in [0.29, 0.717) is 0 Å². The van der Waals surface area contributed by atoms with Crippen LogP contribution in [0.4, 0.5) is 0 Å². The molecule has 0 N–H and O–H groups in total. The fourth-order valence-corrected chi connectivity index (χ4v) is 29.9. The summed E-state index contributed by atoms with van der Waals surface area (Å²) in [6.07, 6.45) is 0. The number of rotatable bonds is 5. The maximum atomic E-state index is 6.75. The zero-order valence-electron chi connectivity index (χ0n) is 18.1. The molecule has 1 rings (SSSR count). The molecule has 5 nitrogen and oxygen atoms in total. The van der Waals surface area contributed by atoms with Gasteiger partial charge in [0.25, 0.3) is 0 Å². The van der Waals surface area contributed by atoms with Crippen molar-refractivity contribution in [3.8, 4) is 0 Å². The van der Waals surface area contributed by atoms with Crippen LogP contribution >= 0.6 is 0 Å². The molecular formula is C15H40O5Si5. The Hall–Kier alpha value is 0.884. The maximum Gasteiger partial charge on any atom is 0.317 e. The lowest BCUT2D eigenvalue weighted by Crippen LogP contribution is -2.66. The highest BCUT2D eigenvalue weighted by molar-refractivity contribution is 6.94. The van der Waals surface area contributed by atoms with Crippen molar-refractivity contribution in [1.82, 2.24) is 0 Å². The zero-order valence-corrected chi connectivity index (χ0v) is 23.1. The second-order valence-corrected chi connectivity index (χ2v) is 26.9. The van der Waals surface area contributed by atoms with E-state index in [9.17, 15) is 0 Å². The Labute approximate surface area is 161 Å². The van der Waals surface area contributed by atoms with Crippen molar-refractivity contribution < 1.29 is 20.6 Å². The van der Waals surface area contributed by atoms with E-state index in [-0.39, 0.29) is 0 Å². The van der Waals surface area contributed by atoms with Crippen LogP contribution in [0.2, 0.25) is 63.0 Å². The SMILES string of the molecule is CC[Si]1(C)O[Si](C)(CC)O[Si](C)(CC)O[Si](C)(CC)O[Si](C)(CC)O1. The molecule has 0 amide bonds. The molecule has 0 spiro atoms. The molecule has 1 aliphatic rings. The fraction of sp³-hybridized carbons (Fsp3) is 1.00. The summed E-state index contributed by atoms with van der Waals surface area (Å²) in [4.78, 5) is 0. The summed E-state index contributed by atoms with van der Waals surface area (Å²) in [5.74, 6) is 0. The second-order valence-electron chi connectivity index (χ2n) is 7.95. The van der Waals surface area contributed by atoms with Crippen LogP contribution in [0, 0.1) is 0 Å². The van der Waals surface area contributed by atoms with Crippen molar-refractivity contribution in [2.24, 2.45) is 0 Å².